The summed E-state index contributed by atoms with van der Waals surface area (Å²) in [6, 6.07) is 20.7. The van der Waals surface area contributed by atoms with Crippen LogP contribution in [0.25, 0.3) is 0 Å². The van der Waals surface area contributed by atoms with Crippen LogP contribution in [0.2, 0.25) is 0 Å². The number of carbonyl (C=O) groups is 2. The molecule has 1 saturated heterocycles. The zero-order chi connectivity index (χ0) is 20.8. The van der Waals surface area contributed by atoms with Gasteiger partial charge in [0.2, 0.25) is 5.91 Å². The average Bonchev–Trinajstić information content (AvgIpc) is 3.29. The van der Waals surface area contributed by atoms with E-state index in [1.807, 2.05) is 65.6 Å². The molecule has 1 aromatic heterocycles. The molecule has 0 bridgehead atoms. The van der Waals surface area contributed by atoms with Gasteiger partial charge in [0.15, 0.2) is 11.5 Å². The van der Waals surface area contributed by atoms with Crippen molar-refractivity contribution in [2.45, 2.75) is 38.1 Å². The van der Waals surface area contributed by atoms with Gasteiger partial charge in [0.1, 0.15) is 0 Å². The minimum Gasteiger partial charge on any atom is -0.358 e. The summed E-state index contributed by atoms with van der Waals surface area (Å²) in [6.07, 6.45) is 3.97. The summed E-state index contributed by atoms with van der Waals surface area (Å²) in [6.45, 7) is 0.699. The second kappa shape index (κ2) is 9.39. The monoisotopic (exact) mass is 403 g/mol. The fraction of sp³-hybridized carbons (Fsp3) is 0.292. The van der Waals surface area contributed by atoms with Crippen LogP contribution in [0.5, 0.6) is 0 Å². The molecule has 1 aliphatic rings. The summed E-state index contributed by atoms with van der Waals surface area (Å²) in [5, 5.41) is 6.75. The average molecular weight is 403 g/mol. The van der Waals surface area contributed by atoms with E-state index < -0.39 is 0 Å². The zero-order valence-electron chi connectivity index (χ0n) is 16.8. The van der Waals surface area contributed by atoms with E-state index in [0.717, 1.165) is 24.8 Å². The molecule has 0 spiro atoms. The van der Waals surface area contributed by atoms with E-state index in [1.54, 1.807) is 6.07 Å². The van der Waals surface area contributed by atoms with E-state index >= 15 is 0 Å². The third-order valence-corrected chi connectivity index (χ3v) is 5.41. The molecule has 0 radical (unpaired) electrons. The van der Waals surface area contributed by atoms with E-state index in [2.05, 4.69) is 10.5 Å². The van der Waals surface area contributed by atoms with Crippen molar-refractivity contribution in [2.75, 3.05) is 11.9 Å². The summed E-state index contributed by atoms with van der Waals surface area (Å²) in [4.78, 5) is 27.3. The number of carbonyl (C=O) groups excluding carboxylic acids is 2. The summed E-state index contributed by atoms with van der Waals surface area (Å²) >= 11 is 0. The highest BCUT2D eigenvalue weighted by atomic mass is 16.5. The maximum Gasteiger partial charge on any atom is 0.277 e. The number of aryl methyl sites for hydroxylation is 1. The molecule has 0 saturated carbocycles. The second-order valence-corrected chi connectivity index (χ2v) is 7.52. The number of aromatic nitrogens is 1. The molecule has 1 atom stereocenters. The molecule has 6 nitrogen and oxygen atoms in total. The van der Waals surface area contributed by atoms with Crippen LogP contribution in [0.4, 0.5) is 5.69 Å². The van der Waals surface area contributed by atoms with Gasteiger partial charge in [-0.3, -0.25) is 9.59 Å². The van der Waals surface area contributed by atoms with E-state index in [4.69, 9.17) is 4.52 Å². The Morgan fingerprint density at radius 3 is 2.53 bits per heavy atom. The Morgan fingerprint density at radius 2 is 1.77 bits per heavy atom. The zero-order valence-corrected chi connectivity index (χ0v) is 16.8. The lowest BCUT2D eigenvalue weighted by Gasteiger charge is -2.34. The fourth-order valence-electron chi connectivity index (χ4n) is 3.84. The predicted octanol–water partition coefficient (Wildman–Crippen LogP) is 4.61. The van der Waals surface area contributed by atoms with Crippen LogP contribution in [-0.4, -0.2) is 28.4 Å². The van der Waals surface area contributed by atoms with E-state index in [0.29, 0.717) is 30.8 Å². The van der Waals surface area contributed by atoms with Gasteiger partial charge in [-0.1, -0.05) is 53.7 Å². The maximum atomic E-state index is 12.9. The Morgan fingerprint density at radius 1 is 1.03 bits per heavy atom. The van der Waals surface area contributed by atoms with Gasteiger partial charge in [-0.05, 0) is 43.4 Å². The van der Waals surface area contributed by atoms with Crippen molar-refractivity contribution in [2.24, 2.45) is 0 Å². The first-order chi connectivity index (χ1) is 14.7. The lowest BCUT2D eigenvalue weighted by molar-refractivity contribution is -0.135. The van der Waals surface area contributed by atoms with Crippen molar-refractivity contribution in [3.05, 3.63) is 83.7 Å². The third-order valence-electron chi connectivity index (χ3n) is 5.41. The molecule has 6 heteroatoms. The van der Waals surface area contributed by atoms with Crippen molar-refractivity contribution in [3.63, 3.8) is 0 Å². The Balaban J connectivity index is 1.42. The van der Waals surface area contributed by atoms with Gasteiger partial charge in [-0.25, -0.2) is 0 Å². The Hall–Kier alpha value is -3.41. The molecule has 1 N–H and O–H groups in total. The number of hydrogen-bond acceptors (Lipinski definition) is 4. The van der Waals surface area contributed by atoms with E-state index in [-0.39, 0.29) is 23.6 Å². The standard InChI is InChI=1S/C24H25N3O3/c28-23(15-14-18-9-3-1-4-10-18)27-16-8-7-13-21(27)22-17-20(26-30-22)24(29)25-19-11-5-2-6-12-19/h1-6,9-12,17,21H,7-8,13-16H2,(H,25,29). The second-order valence-electron chi connectivity index (χ2n) is 7.52. The first kappa shape index (κ1) is 19.9. The molecule has 1 aliphatic heterocycles. The summed E-state index contributed by atoms with van der Waals surface area (Å²) in [7, 11) is 0. The largest absolute Gasteiger partial charge is 0.358 e. The Kier molecular flexibility index (Phi) is 6.23. The minimum atomic E-state index is -0.325. The lowest BCUT2D eigenvalue weighted by Crippen LogP contribution is -2.38. The molecule has 3 aromatic rings. The highest BCUT2D eigenvalue weighted by Gasteiger charge is 2.31. The van der Waals surface area contributed by atoms with Crippen LogP contribution in [0.15, 0.2) is 71.3 Å². The summed E-state index contributed by atoms with van der Waals surface area (Å²) in [5.41, 5.74) is 2.07. The smallest absolute Gasteiger partial charge is 0.277 e. The number of nitrogens with one attached hydrogen (secondary N) is 1. The number of hydrogen-bond donors (Lipinski definition) is 1. The number of piperidine rings is 1. The van der Waals surface area contributed by atoms with Crippen LogP contribution >= 0.6 is 0 Å². The molecule has 30 heavy (non-hydrogen) atoms. The highest BCUT2D eigenvalue weighted by molar-refractivity contribution is 6.02. The van der Waals surface area contributed by atoms with Crippen LogP contribution in [0.1, 0.15) is 53.5 Å². The van der Waals surface area contributed by atoms with E-state index in [1.165, 1.54) is 0 Å². The quantitative estimate of drug-likeness (QED) is 0.652. The van der Waals surface area contributed by atoms with Crippen molar-refractivity contribution < 1.29 is 14.1 Å². The van der Waals surface area contributed by atoms with Gasteiger partial charge in [0.25, 0.3) is 5.91 Å². The Labute approximate surface area is 175 Å². The van der Waals surface area contributed by atoms with Crippen LogP contribution in [0.3, 0.4) is 0 Å². The molecule has 1 fully saturated rings. The van der Waals surface area contributed by atoms with Gasteiger partial charge in [-0.15, -0.1) is 0 Å². The van der Waals surface area contributed by atoms with Crippen molar-refractivity contribution in [1.29, 1.82) is 0 Å². The van der Waals surface area contributed by atoms with Gasteiger partial charge >= 0.3 is 0 Å². The molecule has 0 aliphatic carbocycles. The molecule has 1 unspecified atom stereocenters. The first-order valence-electron chi connectivity index (χ1n) is 10.4. The number of anilines is 1. The molecular weight excluding hydrogens is 378 g/mol. The van der Waals surface area contributed by atoms with Gasteiger partial charge in [0.05, 0.1) is 6.04 Å². The predicted molar refractivity (Wildman–Crippen MR) is 114 cm³/mol. The Bertz CT molecular complexity index is 985. The minimum absolute atomic E-state index is 0.107. The molecular formula is C24H25N3O3. The van der Waals surface area contributed by atoms with Crippen LogP contribution < -0.4 is 5.32 Å². The number of nitrogens with zero attached hydrogens (tertiary/aromatic N) is 2. The first-order valence-corrected chi connectivity index (χ1v) is 10.4. The van der Waals surface area contributed by atoms with Gasteiger partial charge < -0.3 is 14.7 Å². The normalized spacial score (nSPS) is 16.3. The van der Waals surface area contributed by atoms with Crippen molar-refractivity contribution in [3.8, 4) is 0 Å². The third kappa shape index (κ3) is 4.76. The van der Waals surface area contributed by atoms with Crippen LogP contribution in [-0.2, 0) is 11.2 Å². The fourth-order valence-corrected chi connectivity index (χ4v) is 3.84. The lowest BCUT2D eigenvalue weighted by atomic mass is 9.98. The SMILES string of the molecule is O=C(Nc1ccccc1)c1cc(C2CCCCN2C(=O)CCc2ccccc2)on1. The molecule has 4 rings (SSSR count). The van der Waals surface area contributed by atoms with E-state index in [9.17, 15) is 9.59 Å². The van der Waals surface area contributed by atoms with Crippen molar-refractivity contribution >= 4 is 17.5 Å². The molecule has 154 valence electrons. The number of para-hydroxylation sites is 1. The molecule has 2 heterocycles. The topological polar surface area (TPSA) is 75.4 Å². The summed E-state index contributed by atoms with van der Waals surface area (Å²) in [5.74, 6) is 0.352. The molecule has 2 aromatic carbocycles. The number of amides is 2. The highest BCUT2D eigenvalue weighted by Crippen LogP contribution is 2.32. The number of benzene rings is 2. The number of rotatable bonds is 6. The summed E-state index contributed by atoms with van der Waals surface area (Å²) < 4.78 is 5.50. The maximum absolute atomic E-state index is 12.9. The molecule has 2 amide bonds. The van der Waals surface area contributed by atoms with Gasteiger partial charge in [0, 0.05) is 24.7 Å². The number of likely N-dealkylation sites (tertiary alicyclic amines) is 1. The van der Waals surface area contributed by atoms with Gasteiger partial charge in [-0.2, -0.15) is 0 Å². The van der Waals surface area contributed by atoms with Crippen LogP contribution in [0, 0.1) is 0 Å². The van der Waals surface area contributed by atoms with Crippen molar-refractivity contribution in [1.82, 2.24) is 10.1 Å².